The Bertz CT molecular complexity index is 860. The zero-order chi connectivity index (χ0) is 20.4. The number of aliphatic hydroxyl groups excluding tert-OH is 2. The van der Waals surface area contributed by atoms with Crippen molar-refractivity contribution in [2.24, 2.45) is 0 Å². The summed E-state index contributed by atoms with van der Waals surface area (Å²) in [7, 11) is -7.29. The van der Waals surface area contributed by atoms with Crippen molar-refractivity contribution in [2.45, 2.75) is 61.5 Å². The van der Waals surface area contributed by atoms with Gasteiger partial charge < -0.3 is 10.2 Å². The highest BCUT2D eigenvalue weighted by Gasteiger charge is 2.39. The molecule has 0 radical (unpaired) electrons. The lowest BCUT2D eigenvalue weighted by molar-refractivity contribution is 0.0730. The van der Waals surface area contributed by atoms with Gasteiger partial charge in [-0.2, -0.15) is 4.31 Å². The summed E-state index contributed by atoms with van der Waals surface area (Å²) in [5.41, 5.74) is 1.13. The van der Waals surface area contributed by atoms with Gasteiger partial charge in [0, 0.05) is 12.6 Å². The van der Waals surface area contributed by atoms with Gasteiger partial charge in [0.1, 0.15) is 0 Å². The summed E-state index contributed by atoms with van der Waals surface area (Å²) >= 11 is 0. The summed E-state index contributed by atoms with van der Waals surface area (Å²) in [5, 5.41) is 19.0. The van der Waals surface area contributed by atoms with E-state index >= 15 is 0 Å². The van der Waals surface area contributed by atoms with E-state index in [-0.39, 0.29) is 29.4 Å². The lowest BCUT2D eigenvalue weighted by Gasteiger charge is -2.29. The maximum absolute atomic E-state index is 13.2. The number of sulfone groups is 1. The van der Waals surface area contributed by atoms with Crippen molar-refractivity contribution in [3.63, 3.8) is 0 Å². The summed E-state index contributed by atoms with van der Waals surface area (Å²) in [6, 6.07) is 6.10. The Kier molecular flexibility index (Phi) is 6.81. The van der Waals surface area contributed by atoms with E-state index in [0.717, 1.165) is 22.7 Å². The van der Waals surface area contributed by atoms with Gasteiger partial charge in [-0.05, 0) is 42.9 Å². The van der Waals surface area contributed by atoms with Gasteiger partial charge in [-0.25, -0.2) is 16.8 Å². The molecule has 9 heteroatoms. The SMILES string of the molecule is O=S1(=O)CC[C@@H](N(C[C@@H](O)CO)S(=O)(=O)c2ccc(C3CCCCC3)cc2)C1. The van der Waals surface area contributed by atoms with E-state index in [0.29, 0.717) is 5.92 Å². The average Bonchev–Trinajstić information content (AvgIpc) is 3.05. The van der Waals surface area contributed by atoms with E-state index in [1.165, 1.54) is 19.3 Å². The molecule has 2 N–H and O–H groups in total. The molecule has 2 fully saturated rings. The van der Waals surface area contributed by atoms with E-state index < -0.39 is 38.6 Å². The fraction of sp³-hybridized carbons (Fsp3) is 0.684. The van der Waals surface area contributed by atoms with Gasteiger partial charge in [0.05, 0.1) is 29.1 Å². The molecule has 1 aliphatic carbocycles. The van der Waals surface area contributed by atoms with Crippen molar-refractivity contribution in [2.75, 3.05) is 24.7 Å². The largest absolute Gasteiger partial charge is 0.394 e. The second-order valence-corrected chi connectivity index (χ2v) is 12.0. The maximum atomic E-state index is 13.2. The summed E-state index contributed by atoms with van der Waals surface area (Å²) < 4.78 is 51.2. The van der Waals surface area contributed by atoms with Crippen LogP contribution >= 0.6 is 0 Å². The van der Waals surface area contributed by atoms with Gasteiger partial charge in [0.25, 0.3) is 0 Å². The van der Waals surface area contributed by atoms with Gasteiger partial charge in [-0.3, -0.25) is 0 Å². The second-order valence-electron chi connectivity index (χ2n) is 7.87. The number of hydrogen-bond acceptors (Lipinski definition) is 6. The van der Waals surface area contributed by atoms with Crippen LogP contribution in [0.3, 0.4) is 0 Å². The quantitative estimate of drug-likeness (QED) is 0.672. The number of benzene rings is 1. The molecule has 2 atom stereocenters. The van der Waals surface area contributed by atoms with Crippen LogP contribution in [0.1, 0.15) is 50.0 Å². The first kappa shape index (κ1) is 21.7. The van der Waals surface area contributed by atoms with Crippen LogP contribution in [0.25, 0.3) is 0 Å². The van der Waals surface area contributed by atoms with Crippen LogP contribution in [0.4, 0.5) is 0 Å². The molecule has 0 aromatic heterocycles. The molecular formula is C19H29NO6S2. The van der Waals surface area contributed by atoms with Crippen molar-refractivity contribution in [1.29, 1.82) is 0 Å². The molecule has 1 aromatic rings. The van der Waals surface area contributed by atoms with Gasteiger partial charge in [-0.1, -0.05) is 31.4 Å². The Hall–Kier alpha value is -1.00. The first-order valence-corrected chi connectivity index (χ1v) is 13.1. The van der Waals surface area contributed by atoms with Crippen LogP contribution in [-0.2, 0) is 19.9 Å². The van der Waals surface area contributed by atoms with Crippen LogP contribution in [0.2, 0.25) is 0 Å². The number of sulfonamides is 1. The first-order valence-electron chi connectivity index (χ1n) is 9.84. The Morgan fingerprint density at radius 3 is 2.25 bits per heavy atom. The Morgan fingerprint density at radius 2 is 1.71 bits per heavy atom. The van der Waals surface area contributed by atoms with Crippen molar-refractivity contribution >= 4 is 19.9 Å². The molecule has 3 rings (SSSR count). The number of nitrogens with zero attached hydrogens (tertiary/aromatic N) is 1. The summed E-state index contributed by atoms with van der Waals surface area (Å²) in [6.45, 7) is -0.921. The highest BCUT2D eigenvalue weighted by Crippen LogP contribution is 2.33. The predicted molar refractivity (Wildman–Crippen MR) is 106 cm³/mol. The van der Waals surface area contributed by atoms with Gasteiger partial charge >= 0.3 is 0 Å². The van der Waals surface area contributed by atoms with Crippen molar-refractivity contribution in [3.05, 3.63) is 29.8 Å². The maximum Gasteiger partial charge on any atom is 0.243 e. The molecular weight excluding hydrogens is 402 g/mol. The number of rotatable bonds is 7. The van der Waals surface area contributed by atoms with E-state index in [1.54, 1.807) is 12.1 Å². The smallest absolute Gasteiger partial charge is 0.243 e. The fourth-order valence-corrected chi connectivity index (χ4v) is 7.71. The van der Waals surface area contributed by atoms with E-state index in [4.69, 9.17) is 5.11 Å². The Balaban J connectivity index is 1.85. The summed E-state index contributed by atoms with van der Waals surface area (Å²) in [4.78, 5) is 0.0847. The summed E-state index contributed by atoms with van der Waals surface area (Å²) in [5.74, 6) is 0.127. The zero-order valence-corrected chi connectivity index (χ0v) is 17.5. The van der Waals surface area contributed by atoms with E-state index in [2.05, 4.69) is 0 Å². The van der Waals surface area contributed by atoms with E-state index in [1.807, 2.05) is 12.1 Å². The molecule has 0 spiro atoms. The molecule has 1 heterocycles. The molecule has 7 nitrogen and oxygen atoms in total. The minimum Gasteiger partial charge on any atom is -0.394 e. The average molecular weight is 432 g/mol. The normalized spacial score (nSPS) is 24.5. The molecule has 1 saturated heterocycles. The topological polar surface area (TPSA) is 112 Å². The molecule has 1 aliphatic heterocycles. The summed E-state index contributed by atoms with van der Waals surface area (Å²) in [6.07, 6.45) is 4.78. The fourth-order valence-electron chi connectivity index (χ4n) is 4.19. The molecule has 0 amide bonds. The minimum atomic E-state index is -3.99. The molecule has 1 aromatic carbocycles. The molecule has 28 heavy (non-hydrogen) atoms. The third-order valence-corrected chi connectivity index (χ3v) is 9.46. The second kappa shape index (κ2) is 8.79. The highest BCUT2D eigenvalue weighted by atomic mass is 32.2. The molecule has 1 saturated carbocycles. The highest BCUT2D eigenvalue weighted by molar-refractivity contribution is 7.92. The van der Waals surface area contributed by atoms with Crippen molar-refractivity contribution < 1.29 is 27.0 Å². The first-order chi connectivity index (χ1) is 13.2. The predicted octanol–water partition coefficient (Wildman–Crippen LogP) is 1.27. The standard InChI is InChI=1S/C19H29NO6S2/c21-13-18(22)12-20(17-10-11-27(23,24)14-17)28(25,26)19-8-6-16(7-9-19)15-4-2-1-3-5-15/h6-9,15,17-18,21-22H,1-5,10-14H2/t17-,18-/m1/s1. The van der Waals surface area contributed by atoms with Crippen LogP contribution in [0.15, 0.2) is 29.2 Å². The van der Waals surface area contributed by atoms with Crippen molar-refractivity contribution in [1.82, 2.24) is 4.31 Å². The van der Waals surface area contributed by atoms with Gasteiger partial charge in [-0.15, -0.1) is 0 Å². The van der Waals surface area contributed by atoms with Gasteiger partial charge in [0.15, 0.2) is 9.84 Å². The Morgan fingerprint density at radius 1 is 1.07 bits per heavy atom. The van der Waals surface area contributed by atoms with Crippen LogP contribution in [0, 0.1) is 0 Å². The van der Waals surface area contributed by atoms with Gasteiger partial charge in [0.2, 0.25) is 10.0 Å². The van der Waals surface area contributed by atoms with Crippen molar-refractivity contribution in [3.8, 4) is 0 Å². The molecule has 0 unspecified atom stereocenters. The number of hydrogen-bond donors (Lipinski definition) is 2. The van der Waals surface area contributed by atoms with Crippen LogP contribution in [0.5, 0.6) is 0 Å². The number of aliphatic hydroxyl groups is 2. The van der Waals surface area contributed by atoms with E-state index in [9.17, 15) is 21.9 Å². The van der Waals surface area contributed by atoms with Crippen LogP contribution in [-0.4, -0.2) is 68.2 Å². The lowest BCUT2D eigenvalue weighted by Crippen LogP contribution is -2.46. The minimum absolute atomic E-state index is 0.0699. The Labute approximate surface area is 167 Å². The molecule has 2 aliphatic rings. The third kappa shape index (κ3) is 4.94. The monoisotopic (exact) mass is 431 g/mol. The molecule has 158 valence electrons. The zero-order valence-electron chi connectivity index (χ0n) is 15.9. The third-order valence-electron chi connectivity index (χ3n) is 5.78. The lowest BCUT2D eigenvalue weighted by atomic mass is 9.84. The van der Waals surface area contributed by atoms with Crippen LogP contribution < -0.4 is 0 Å². The molecule has 0 bridgehead atoms.